The molecule has 1 aliphatic carbocycles. The first kappa shape index (κ1) is 13.9. The van der Waals surface area contributed by atoms with Gasteiger partial charge in [-0.25, -0.2) is 0 Å². The van der Waals surface area contributed by atoms with Crippen LogP contribution in [0.5, 0.6) is 0 Å². The molecule has 0 heterocycles. The average Bonchev–Trinajstić information content (AvgIpc) is 3.04. The van der Waals surface area contributed by atoms with Crippen LogP contribution in [-0.4, -0.2) is 50.2 Å². The third-order valence-electron chi connectivity index (χ3n) is 2.48. The number of hydrogen-bond donors (Lipinski definition) is 2. The Balaban J connectivity index is 1.78. The minimum atomic E-state index is -0.425. The number of nitrogens with one attached hydrogen (secondary N) is 1. The zero-order chi connectivity index (χ0) is 11.8. The molecule has 4 nitrogen and oxygen atoms in total. The van der Waals surface area contributed by atoms with Crippen molar-refractivity contribution in [1.29, 1.82) is 0 Å². The number of aliphatic hydroxyl groups excluding tert-OH is 1. The molecule has 0 radical (unpaired) electrons. The summed E-state index contributed by atoms with van der Waals surface area (Å²) < 4.78 is 10.8. The highest BCUT2D eigenvalue weighted by Gasteiger charge is 2.20. The van der Waals surface area contributed by atoms with E-state index in [-0.39, 0.29) is 6.10 Å². The molecule has 0 spiro atoms. The van der Waals surface area contributed by atoms with E-state index >= 15 is 0 Å². The Labute approximate surface area is 98.3 Å². The molecule has 1 rings (SSSR count). The number of aliphatic hydroxyl groups is 1. The normalized spacial score (nSPS) is 18.0. The molecule has 4 heteroatoms. The highest BCUT2D eigenvalue weighted by Crippen LogP contribution is 2.28. The van der Waals surface area contributed by atoms with E-state index in [1.807, 2.05) is 13.8 Å². The highest BCUT2D eigenvalue weighted by molar-refractivity contribution is 4.72. The van der Waals surface area contributed by atoms with Crippen LogP contribution < -0.4 is 5.32 Å². The second kappa shape index (κ2) is 8.01. The van der Waals surface area contributed by atoms with Crippen LogP contribution in [0.25, 0.3) is 0 Å². The zero-order valence-corrected chi connectivity index (χ0v) is 10.4. The summed E-state index contributed by atoms with van der Waals surface area (Å²) in [5.74, 6) is 0.824. The van der Waals surface area contributed by atoms with E-state index < -0.39 is 6.10 Å². The molecular weight excluding hydrogens is 206 g/mol. The highest BCUT2D eigenvalue weighted by atomic mass is 16.5. The Bertz CT molecular complexity index is 172. The van der Waals surface area contributed by atoms with Gasteiger partial charge in [-0.3, -0.25) is 0 Å². The Morgan fingerprint density at radius 2 is 2.12 bits per heavy atom. The maximum absolute atomic E-state index is 9.52. The molecule has 1 atom stereocenters. The minimum absolute atomic E-state index is 0.177. The first-order chi connectivity index (χ1) is 7.68. The van der Waals surface area contributed by atoms with Gasteiger partial charge in [-0.15, -0.1) is 0 Å². The quantitative estimate of drug-likeness (QED) is 0.546. The predicted octanol–water partition coefficient (Wildman–Crippen LogP) is 0.788. The van der Waals surface area contributed by atoms with Crippen molar-refractivity contribution in [3.63, 3.8) is 0 Å². The molecule has 1 saturated carbocycles. The maximum atomic E-state index is 9.52. The molecule has 1 aliphatic rings. The van der Waals surface area contributed by atoms with Crippen molar-refractivity contribution in [3.05, 3.63) is 0 Å². The van der Waals surface area contributed by atoms with Crippen molar-refractivity contribution in [3.8, 4) is 0 Å². The summed E-state index contributed by atoms with van der Waals surface area (Å²) in [6.45, 7) is 7.32. The van der Waals surface area contributed by atoms with E-state index in [1.165, 1.54) is 12.8 Å². The maximum Gasteiger partial charge on any atom is 0.0897 e. The van der Waals surface area contributed by atoms with E-state index in [0.29, 0.717) is 13.2 Å². The van der Waals surface area contributed by atoms with Crippen molar-refractivity contribution in [1.82, 2.24) is 5.32 Å². The second-order valence-corrected chi connectivity index (χ2v) is 4.76. The molecule has 1 unspecified atom stereocenters. The van der Waals surface area contributed by atoms with Gasteiger partial charge in [0, 0.05) is 19.7 Å². The van der Waals surface area contributed by atoms with Gasteiger partial charge in [0.15, 0.2) is 0 Å². The van der Waals surface area contributed by atoms with Crippen molar-refractivity contribution >= 4 is 0 Å². The molecule has 0 aromatic carbocycles. The van der Waals surface area contributed by atoms with Crippen LogP contribution in [0.4, 0.5) is 0 Å². The standard InChI is InChI=1S/C12H25NO3/c1-10(2)16-9-12(14)7-13-5-6-15-8-11-3-4-11/h10-14H,3-9H2,1-2H3. The van der Waals surface area contributed by atoms with Gasteiger partial charge in [-0.1, -0.05) is 0 Å². The van der Waals surface area contributed by atoms with E-state index in [2.05, 4.69) is 5.32 Å². The van der Waals surface area contributed by atoms with Crippen molar-refractivity contribution < 1.29 is 14.6 Å². The predicted molar refractivity (Wildman–Crippen MR) is 63.5 cm³/mol. The molecular formula is C12H25NO3. The van der Waals surface area contributed by atoms with Crippen LogP contribution in [0.1, 0.15) is 26.7 Å². The van der Waals surface area contributed by atoms with Crippen LogP contribution in [0, 0.1) is 5.92 Å². The summed E-state index contributed by atoms with van der Waals surface area (Å²) in [6, 6.07) is 0. The fourth-order valence-electron chi connectivity index (χ4n) is 1.31. The third kappa shape index (κ3) is 8.05. The summed E-state index contributed by atoms with van der Waals surface area (Å²) in [6.07, 6.45) is 2.42. The Hall–Kier alpha value is -0.160. The minimum Gasteiger partial charge on any atom is -0.389 e. The monoisotopic (exact) mass is 231 g/mol. The smallest absolute Gasteiger partial charge is 0.0897 e. The largest absolute Gasteiger partial charge is 0.389 e. The summed E-state index contributed by atoms with van der Waals surface area (Å²) in [5, 5.41) is 12.7. The first-order valence-corrected chi connectivity index (χ1v) is 6.26. The number of ether oxygens (including phenoxy) is 2. The first-order valence-electron chi connectivity index (χ1n) is 6.26. The third-order valence-corrected chi connectivity index (χ3v) is 2.48. The fraction of sp³-hybridized carbons (Fsp3) is 1.00. The molecule has 0 aromatic heterocycles. The van der Waals surface area contributed by atoms with Gasteiger partial charge in [0.05, 0.1) is 25.4 Å². The fourth-order valence-corrected chi connectivity index (χ4v) is 1.31. The van der Waals surface area contributed by atoms with Crippen LogP contribution in [0.3, 0.4) is 0 Å². The molecule has 96 valence electrons. The number of hydrogen-bond acceptors (Lipinski definition) is 4. The Kier molecular flexibility index (Phi) is 6.96. The Morgan fingerprint density at radius 3 is 2.75 bits per heavy atom. The lowest BCUT2D eigenvalue weighted by atomic mass is 10.3. The molecule has 1 fully saturated rings. The van der Waals surface area contributed by atoms with E-state index in [4.69, 9.17) is 9.47 Å². The van der Waals surface area contributed by atoms with E-state index in [9.17, 15) is 5.11 Å². The van der Waals surface area contributed by atoms with Gasteiger partial charge in [0.1, 0.15) is 0 Å². The molecule has 0 amide bonds. The molecule has 16 heavy (non-hydrogen) atoms. The zero-order valence-electron chi connectivity index (χ0n) is 10.4. The van der Waals surface area contributed by atoms with Crippen LogP contribution in [0.15, 0.2) is 0 Å². The van der Waals surface area contributed by atoms with Crippen LogP contribution >= 0.6 is 0 Å². The average molecular weight is 231 g/mol. The molecule has 0 aromatic rings. The molecule has 0 bridgehead atoms. The van der Waals surface area contributed by atoms with Crippen molar-refractivity contribution in [2.45, 2.75) is 38.9 Å². The molecule has 0 saturated heterocycles. The van der Waals surface area contributed by atoms with Gasteiger partial charge in [-0.2, -0.15) is 0 Å². The lowest BCUT2D eigenvalue weighted by molar-refractivity contribution is 0.00568. The summed E-state index contributed by atoms with van der Waals surface area (Å²) in [7, 11) is 0. The number of rotatable bonds is 10. The summed E-state index contributed by atoms with van der Waals surface area (Å²) >= 11 is 0. The second-order valence-electron chi connectivity index (χ2n) is 4.76. The summed E-state index contributed by atoms with van der Waals surface area (Å²) in [5.41, 5.74) is 0. The van der Waals surface area contributed by atoms with Crippen molar-refractivity contribution in [2.75, 3.05) is 32.9 Å². The van der Waals surface area contributed by atoms with Gasteiger partial charge in [0.2, 0.25) is 0 Å². The summed E-state index contributed by atoms with van der Waals surface area (Å²) in [4.78, 5) is 0. The van der Waals surface area contributed by atoms with Gasteiger partial charge in [-0.05, 0) is 32.6 Å². The lowest BCUT2D eigenvalue weighted by Gasteiger charge is -2.14. The Morgan fingerprint density at radius 1 is 1.38 bits per heavy atom. The van der Waals surface area contributed by atoms with Crippen LogP contribution in [0.2, 0.25) is 0 Å². The van der Waals surface area contributed by atoms with Gasteiger partial charge >= 0.3 is 0 Å². The molecule has 2 N–H and O–H groups in total. The van der Waals surface area contributed by atoms with E-state index in [1.54, 1.807) is 0 Å². The van der Waals surface area contributed by atoms with E-state index in [0.717, 1.165) is 25.7 Å². The topological polar surface area (TPSA) is 50.7 Å². The lowest BCUT2D eigenvalue weighted by Crippen LogP contribution is -2.33. The molecule has 0 aliphatic heterocycles. The van der Waals surface area contributed by atoms with Gasteiger partial charge in [0.25, 0.3) is 0 Å². The van der Waals surface area contributed by atoms with Crippen LogP contribution in [-0.2, 0) is 9.47 Å². The van der Waals surface area contributed by atoms with Gasteiger partial charge < -0.3 is 19.9 Å². The SMILES string of the molecule is CC(C)OCC(O)CNCCOCC1CC1. The van der Waals surface area contributed by atoms with Crippen molar-refractivity contribution in [2.24, 2.45) is 5.92 Å².